The maximum absolute atomic E-state index is 14.4. The van der Waals surface area contributed by atoms with Crippen molar-refractivity contribution in [2.75, 3.05) is 6.54 Å². The van der Waals surface area contributed by atoms with Crippen molar-refractivity contribution in [3.8, 4) is 11.3 Å². The third kappa shape index (κ3) is 3.90. The van der Waals surface area contributed by atoms with Gasteiger partial charge in [-0.3, -0.25) is 19.2 Å². The van der Waals surface area contributed by atoms with Crippen molar-refractivity contribution in [2.45, 2.75) is 43.0 Å². The van der Waals surface area contributed by atoms with Crippen LogP contribution < -0.4 is 10.6 Å². The average molecular weight is 511 g/mol. The molecule has 4 rings (SSSR count). The van der Waals surface area contributed by atoms with Gasteiger partial charge in [0.05, 0.1) is 10.6 Å². The van der Waals surface area contributed by atoms with E-state index in [4.69, 9.17) is 21.2 Å². The summed E-state index contributed by atoms with van der Waals surface area (Å²) in [6.07, 6.45) is 0. The molecule has 3 amide bonds. The summed E-state index contributed by atoms with van der Waals surface area (Å²) in [5.41, 5.74) is -0.248. The Bertz CT molecular complexity index is 1200. The molecule has 2 aliphatic heterocycles. The minimum Gasteiger partial charge on any atom is -0.480 e. The summed E-state index contributed by atoms with van der Waals surface area (Å²) >= 11 is 7.43. The highest BCUT2D eigenvalue weighted by molar-refractivity contribution is 8.01. The van der Waals surface area contributed by atoms with Crippen molar-refractivity contribution in [1.82, 2.24) is 20.7 Å². The first kappa shape index (κ1) is 24.0. The molecule has 10 nitrogen and oxygen atoms in total. The van der Waals surface area contributed by atoms with E-state index in [1.807, 2.05) is 0 Å². The average Bonchev–Trinajstić information content (AvgIpc) is 3.25. The smallest absolute Gasteiger partial charge is 0.322 e. The van der Waals surface area contributed by atoms with E-state index < -0.39 is 58.3 Å². The molecule has 1 aromatic heterocycles. The Hall–Kier alpha value is -3.12. The van der Waals surface area contributed by atoms with Gasteiger partial charge in [-0.25, -0.2) is 4.39 Å². The van der Waals surface area contributed by atoms with E-state index in [0.29, 0.717) is 0 Å². The molecule has 0 spiro atoms. The normalized spacial score (nSPS) is 22.7. The summed E-state index contributed by atoms with van der Waals surface area (Å²) in [6.45, 7) is 4.42. The Morgan fingerprint density at radius 1 is 1.35 bits per heavy atom. The molecule has 0 saturated carbocycles. The van der Waals surface area contributed by atoms with Crippen LogP contribution >= 0.6 is 23.4 Å². The maximum Gasteiger partial charge on any atom is 0.322 e. The number of benzene rings is 1. The Morgan fingerprint density at radius 2 is 2.06 bits per heavy atom. The number of fused-ring (bicyclic) bond motifs is 1. The molecule has 2 aromatic rings. The number of thioether (sulfide) groups is 1. The fourth-order valence-corrected chi connectivity index (χ4v) is 6.06. The third-order valence-corrected chi connectivity index (χ3v) is 7.57. The van der Waals surface area contributed by atoms with Crippen LogP contribution in [-0.4, -0.2) is 67.6 Å². The molecule has 2 fully saturated rings. The van der Waals surface area contributed by atoms with Gasteiger partial charge >= 0.3 is 5.97 Å². The van der Waals surface area contributed by atoms with E-state index in [9.17, 15) is 23.6 Å². The summed E-state index contributed by atoms with van der Waals surface area (Å²) in [5, 5.41) is 17.0. The first-order valence-corrected chi connectivity index (χ1v) is 11.4. The number of hydrogen-bond donors (Lipinski definition) is 3. The second-order valence-corrected chi connectivity index (χ2v) is 10.6. The topological polar surface area (TPSA) is 142 Å². The predicted octanol–water partition coefficient (Wildman–Crippen LogP) is 1.80. The Labute approximate surface area is 202 Å². The number of aromatic nitrogens is 1. The van der Waals surface area contributed by atoms with Crippen LogP contribution in [0.15, 0.2) is 22.7 Å². The number of halogens is 2. The molecular formula is C21H20ClFN4O6S. The number of nitrogens with zero attached hydrogens (tertiary/aromatic N) is 2. The molecule has 3 heterocycles. The Balaban J connectivity index is 1.56. The fraction of sp³-hybridized carbons (Fsp3) is 0.381. The van der Waals surface area contributed by atoms with Crippen LogP contribution in [0.5, 0.6) is 0 Å². The molecule has 180 valence electrons. The SMILES string of the molecule is Cc1onc(-c2c(F)cccc2Cl)c1C(=O)N[C@@H]1C(=O)N2[C@@H]1SC(C)(C)[C@@H]2C(=O)NCC(=O)O. The monoisotopic (exact) mass is 510 g/mol. The van der Waals surface area contributed by atoms with Crippen LogP contribution in [0.1, 0.15) is 30.0 Å². The van der Waals surface area contributed by atoms with Gasteiger partial charge in [-0.2, -0.15) is 0 Å². The van der Waals surface area contributed by atoms with Crippen LogP contribution in [0.4, 0.5) is 4.39 Å². The lowest BCUT2D eigenvalue weighted by Crippen LogP contribution is -2.71. The fourth-order valence-electron chi connectivity index (χ4n) is 4.18. The number of carbonyl (C=O) groups excluding carboxylic acids is 3. The van der Waals surface area contributed by atoms with Gasteiger partial charge in [0, 0.05) is 4.75 Å². The summed E-state index contributed by atoms with van der Waals surface area (Å²) in [5.74, 6) is -3.57. The van der Waals surface area contributed by atoms with Gasteiger partial charge in [0.25, 0.3) is 5.91 Å². The minimum absolute atomic E-state index is 0.0385. The van der Waals surface area contributed by atoms with Crippen LogP contribution in [-0.2, 0) is 14.4 Å². The van der Waals surface area contributed by atoms with E-state index >= 15 is 0 Å². The van der Waals surface area contributed by atoms with Crippen molar-refractivity contribution in [1.29, 1.82) is 0 Å². The van der Waals surface area contributed by atoms with Crippen LogP contribution in [0.3, 0.4) is 0 Å². The van der Waals surface area contributed by atoms with Crippen molar-refractivity contribution >= 4 is 47.1 Å². The number of nitrogens with one attached hydrogen (secondary N) is 2. The highest BCUT2D eigenvalue weighted by atomic mass is 35.5. The molecule has 2 aliphatic rings. The van der Waals surface area contributed by atoms with Crippen LogP contribution in [0, 0.1) is 12.7 Å². The zero-order valence-corrected chi connectivity index (χ0v) is 19.8. The number of carbonyl (C=O) groups is 4. The van der Waals surface area contributed by atoms with Gasteiger partial charge in [-0.05, 0) is 32.9 Å². The molecule has 0 bridgehead atoms. The quantitative estimate of drug-likeness (QED) is 0.499. The Morgan fingerprint density at radius 3 is 2.71 bits per heavy atom. The largest absolute Gasteiger partial charge is 0.480 e. The number of hydrogen-bond acceptors (Lipinski definition) is 7. The first-order chi connectivity index (χ1) is 15.9. The van der Waals surface area contributed by atoms with Gasteiger partial charge in [-0.15, -0.1) is 11.8 Å². The zero-order chi connectivity index (χ0) is 24.9. The second-order valence-electron chi connectivity index (χ2n) is 8.38. The zero-order valence-electron chi connectivity index (χ0n) is 18.2. The van der Waals surface area contributed by atoms with Crippen molar-refractivity contribution < 1.29 is 33.2 Å². The van der Waals surface area contributed by atoms with E-state index in [2.05, 4.69) is 15.8 Å². The van der Waals surface area contributed by atoms with Crippen molar-refractivity contribution in [3.05, 3.63) is 40.4 Å². The molecular weight excluding hydrogens is 491 g/mol. The number of rotatable bonds is 6. The second kappa shape index (κ2) is 8.58. The van der Waals surface area contributed by atoms with E-state index in [0.717, 1.165) is 0 Å². The third-order valence-electron chi connectivity index (χ3n) is 5.68. The number of amides is 3. The highest BCUT2D eigenvalue weighted by Gasteiger charge is 2.64. The summed E-state index contributed by atoms with van der Waals surface area (Å²) in [7, 11) is 0. The Kier molecular flexibility index (Phi) is 6.06. The van der Waals surface area contributed by atoms with Gasteiger partial charge in [0.2, 0.25) is 11.8 Å². The van der Waals surface area contributed by atoms with Crippen molar-refractivity contribution in [3.63, 3.8) is 0 Å². The summed E-state index contributed by atoms with van der Waals surface area (Å²) in [6, 6.07) is 2.18. The van der Waals surface area contributed by atoms with Gasteiger partial charge in [0.15, 0.2) is 0 Å². The van der Waals surface area contributed by atoms with Gasteiger partial charge in [0.1, 0.15) is 46.8 Å². The first-order valence-electron chi connectivity index (χ1n) is 10.1. The molecule has 0 unspecified atom stereocenters. The molecule has 34 heavy (non-hydrogen) atoms. The molecule has 3 N–H and O–H groups in total. The lowest BCUT2D eigenvalue weighted by Gasteiger charge is -2.44. The minimum atomic E-state index is -1.21. The predicted molar refractivity (Wildman–Crippen MR) is 120 cm³/mol. The number of β-lactam (4-membered cyclic amide) rings is 1. The summed E-state index contributed by atoms with van der Waals surface area (Å²) in [4.78, 5) is 50.8. The van der Waals surface area contributed by atoms with Gasteiger partial charge < -0.3 is 25.2 Å². The molecule has 0 radical (unpaired) electrons. The standard InChI is InChI=1S/C21H20ClFN4O6S/c1-8-12(14(26-33-8)13-9(22)5-4-6-10(13)23)17(30)25-15-19(32)27-16(18(31)24-7-11(28)29)21(2,3)34-20(15)27/h4-6,15-16,20H,7H2,1-3H3,(H,24,31)(H,25,30)(H,28,29)/t15-,16+,20-/m1/s1. The number of carboxylic acids is 1. The highest BCUT2D eigenvalue weighted by Crippen LogP contribution is 2.51. The number of aliphatic carboxylic acids is 1. The molecule has 13 heteroatoms. The number of aryl methyl sites for hydroxylation is 1. The van der Waals surface area contributed by atoms with E-state index in [-0.39, 0.29) is 27.6 Å². The maximum atomic E-state index is 14.4. The lowest BCUT2D eigenvalue weighted by molar-refractivity contribution is -0.153. The molecule has 0 aliphatic carbocycles. The lowest BCUT2D eigenvalue weighted by atomic mass is 9.95. The molecule has 1 aromatic carbocycles. The van der Waals surface area contributed by atoms with E-state index in [1.54, 1.807) is 13.8 Å². The van der Waals surface area contributed by atoms with E-state index in [1.165, 1.54) is 41.8 Å². The molecule has 3 atom stereocenters. The molecule has 2 saturated heterocycles. The van der Waals surface area contributed by atoms with Crippen LogP contribution in [0.2, 0.25) is 5.02 Å². The van der Waals surface area contributed by atoms with Crippen LogP contribution in [0.25, 0.3) is 11.3 Å². The number of carboxylic acid groups (broad SMARTS) is 1. The van der Waals surface area contributed by atoms with Gasteiger partial charge in [-0.1, -0.05) is 22.8 Å². The summed E-state index contributed by atoms with van der Waals surface area (Å²) < 4.78 is 18.8. The van der Waals surface area contributed by atoms with Crippen molar-refractivity contribution in [2.24, 2.45) is 0 Å².